The van der Waals surface area contributed by atoms with E-state index in [1.165, 1.54) is 14.0 Å². The van der Waals surface area contributed by atoms with E-state index in [2.05, 4.69) is 4.99 Å². The Morgan fingerprint density at radius 3 is 2.92 bits per heavy atom. The van der Waals surface area contributed by atoms with Gasteiger partial charge in [0.05, 0.1) is 7.11 Å². The largest absolute Gasteiger partial charge is 0.483 e. The van der Waals surface area contributed by atoms with E-state index in [4.69, 9.17) is 4.74 Å². The van der Waals surface area contributed by atoms with Gasteiger partial charge in [-0.1, -0.05) is 12.2 Å². The molecule has 0 aromatic carbocycles. The maximum absolute atomic E-state index is 11.1. The van der Waals surface area contributed by atoms with Gasteiger partial charge in [-0.25, -0.2) is 4.99 Å². The molecule has 0 aromatic rings. The first-order valence-electron chi connectivity index (χ1n) is 3.71. The third-order valence-corrected chi connectivity index (χ3v) is 1.62. The predicted molar refractivity (Wildman–Crippen MR) is 46.9 cm³/mol. The molecule has 1 aliphatic rings. The van der Waals surface area contributed by atoms with Crippen molar-refractivity contribution in [1.82, 2.24) is 0 Å². The predicted octanol–water partition coefficient (Wildman–Crippen LogP) is 1.32. The zero-order valence-electron chi connectivity index (χ0n) is 7.15. The SMILES string of the molecule is COC1=NC=CC=CC1C(C)=O. The maximum Gasteiger partial charge on any atom is 0.202 e. The van der Waals surface area contributed by atoms with Crippen LogP contribution in [0.5, 0.6) is 0 Å². The van der Waals surface area contributed by atoms with Gasteiger partial charge in [-0.3, -0.25) is 4.79 Å². The van der Waals surface area contributed by atoms with Gasteiger partial charge in [-0.2, -0.15) is 0 Å². The molecule has 0 radical (unpaired) electrons. The van der Waals surface area contributed by atoms with Crippen molar-refractivity contribution in [2.45, 2.75) is 6.92 Å². The fourth-order valence-electron chi connectivity index (χ4n) is 0.993. The minimum atomic E-state index is -0.329. The van der Waals surface area contributed by atoms with Gasteiger partial charge in [-0.05, 0) is 13.0 Å². The highest BCUT2D eigenvalue weighted by Gasteiger charge is 2.18. The second kappa shape index (κ2) is 3.85. The molecule has 1 unspecified atom stereocenters. The summed E-state index contributed by atoms with van der Waals surface area (Å²) in [5, 5.41) is 0. The second-order valence-electron chi connectivity index (χ2n) is 2.49. The summed E-state index contributed by atoms with van der Waals surface area (Å²) in [6.07, 6.45) is 6.94. The molecule has 0 saturated carbocycles. The summed E-state index contributed by atoms with van der Waals surface area (Å²) in [6, 6.07) is 0. The Labute approximate surface area is 71.4 Å². The number of aliphatic imine (C=N–C) groups is 1. The molecule has 0 bridgehead atoms. The first kappa shape index (κ1) is 8.71. The number of hydrogen-bond acceptors (Lipinski definition) is 3. The molecule has 0 N–H and O–H groups in total. The Hall–Kier alpha value is -1.38. The minimum absolute atomic E-state index is 0.0375. The van der Waals surface area contributed by atoms with Crippen molar-refractivity contribution < 1.29 is 9.53 Å². The molecule has 64 valence electrons. The Kier molecular flexibility index (Phi) is 2.80. The van der Waals surface area contributed by atoms with E-state index < -0.39 is 0 Å². The summed E-state index contributed by atoms with van der Waals surface area (Å²) >= 11 is 0. The highest BCUT2D eigenvalue weighted by molar-refractivity contribution is 6.02. The van der Waals surface area contributed by atoms with Crippen molar-refractivity contribution in [3.05, 3.63) is 24.4 Å². The van der Waals surface area contributed by atoms with Crippen molar-refractivity contribution in [1.29, 1.82) is 0 Å². The zero-order chi connectivity index (χ0) is 8.97. The van der Waals surface area contributed by atoms with Crippen LogP contribution in [0.3, 0.4) is 0 Å². The Morgan fingerprint density at radius 1 is 1.58 bits per heavy atom. The lowest BCUT2D eigenvalue weighted by Crippen LogP contribution is -2.20. The molecule has 0 fully saturated rings. The summed E-state index contributed by atoms with van der Waals surface area (Å²) in [7, 11) is 1.52. The van der Waals surface area contributed by atoms with Gasteiger partial charge in [0, 0.05) is 6.20 Å². The van der Waals surface area contributed by atoms with Crippen molar-refractivity contribution in [2.24, 2.45) is 10.9 Å². The van der Waals surface area contributed by atoms with Crippen LogP contribution in [-0.4, -0.2) is 18.8 Å². The first-order valence-corrected chi connectivity index (χ1v) is 3.71. The number of ketones is 1. The monoisotopic (exact) mass is 165 g/mol. The normalized spacial score (nSPS) is 21.5. The Bertz CT molecular complexity index is 264. The molecule has 1 rings (SSSR count). The fraction of sp³-hybridized carbons (Fsp3) is 0.333. The molecule has 1 atom stereocenters. The summed E-state index contributed by atoms with van der Waals surface area (Å²) in [4.78, 5) is 15.1. The molecule has 0 saturated heterocycles. The first-order chi connectivity index (χ1) is 5.75. The summed E-state index contributed by atoms with van der Waals surface area (Å²) in [5.41, 5.74) is 0. The van der Waals surface area contributed by atoms with E-state index in [0.29, 0.717) is 5.90 Å². The Morgan fingerprint density at radius 2 is 2.33 bits per heavy atom. The molecule has 0 aliphatic carbocycles. The molecule has 0 spiro atoms. The third kappa shape index (κ3) is 1.81. The quantitative estimate of drug-likeness (QED) is 0.587. The topological polar surface area (TPSA) is 38.7 Å². The number of allylic oxidation sites excluding steroid dienone is 2. The number of methoxy groups -OCH3 is 1. The van der Waals surface area contributed by atoms with Crippen LogP contribution in [0.2, 0.25) is 0 Å². The summed E-state index contributed by atoms with van der Waals surface area (Å²) in [6.45, 7) is 1.52. The number of carbonyl (C=O) groups is 1. The van der Waals surface area contributed by atoms with E-state index in [-0.39, 0.29) is 11.7 Å². The van der Waals surface area contributed by atoms with E-state index in [0.717, 1.165) is 0 Å². The van der Waals surface area contributed by atoms with Gasteiger partial charge < -0.3 is 4.74 Å². The molecule has 3 heteroatoms. The minimum Gasteiger partial charge on any atom is -0.483 e. The van der Waals surface area contributed by atoms with E-state index in [9.17, 15) is 4.79 Å². The second-order valence-corrected chi connectivity index (χ2v) is 2.49. The average molecular weight is 165 g/mol. The average Bonchev–Trinajstić information content (AvgIpc) is 2.27. The van der Waals surface area contributed by atoms with Crippen LogP contribution in [-0.2, 0) is 9.53 Å². The molecule has 3 nitrogen and oxygen atoms in total. The lowest BCUT2D eigenvalue weighted by atomic mass is 10.1. The van der Waals surface area contributed by atoms with Crippen molar-refractivity contribution >= 4 is 11.7 Å². The Balaban J connectivity index is 2.90. The zero-order valence-corrected chi connectivity index (χ0v) is 7.15. The fourth-order valence-corrected chi connectivity index (χ4v) is 0.993. The smallest absolute Gasteiger partial charge is 0.202 e. The summed E-state index contributed by atoms with van der Waals surface area (Å²) < 4.78 is 4.97. The number of carbonyl (C=O) groups excluding carboxylic acids is 1. The number of Topliss-reactive ketones (excluding diaryl/α,β-unsaturated/α-hetero) is 1. The molecular weight excluding hydrogens is 154 g/mol. The van der Waals surface area contributed by atoms with Crippen molar-refractivity contribution in [2.75, 3.05) is 7.11 Å². The highest BCUT2D eigenvalue weighted by Crippen LogP contribution is 2.08. The molecule has 0 aromatic heterocycles. The highest BCUT2D eigenvalue weighted by atomic mass is 16.5. The number of hydrogen-bond donors (Lipinski definition) is 0. The lowest BCUT2D eigenvalue weighted by molar-refractivity contribution is -0.118. The number of rotatable bonds is 1. The van der Waals surface area contributed by atoms with Gasteiger partial charge in [0.15, 0.2) is 0 Å². The van der Waals surface area contributed by atoms with Crippen LogP contribution in [0.4, 0.5) is 0 Å². The summed E-state index contributed by atoms with van der Waals surface area (Å²) in [5.74, 6) is 0.160. The molecule has 0 amide bonds. The van der Waals surface area contributed by atoms with Gasteiger partial charge in [0.25, 0.3) is 0 Å². The van der Waals surface area contributed by atoms with Crippen LogP contribution in [0.25, 0.3) is 0 Å². The number of nitrogens with zero attached hydrogens (tertiary/aromatic N) is 1. The van der Waals surface area contributed by atoms with E-state index in [1.807, 2.05) is 0 Å². The van der Waals surface area contributed by atoms with Crippen LogP contribution >= 0.6 is 0 Å². The number of ether oxygens (including phenoxy) is 1. The molecule has 1 aliphatic heterocycles. The molecule has 12 heavy (non-hydrogen) atoms. The van der Waals surface area contributed by atoms with Gasteiger partial charge in [-0.15, -0.1) is 0 Å². The molecule has 1 heterocycles. The van der Waals surface area contributed by atoms with E-state index >= 15 is 0 Å². The molecular formula is C9H11NO2. The van der Waals surface area contributed by atoms with Gasteiger partial charge >= 0.3 is 0 Å². The van der Waals surface area contributed by atoms with Crippen LogP contribution in [0.15, 0.2) is 29.4 Å². The van der Waals surface area contributed by atoms with E-state index in [1.54, 1.807) is 24.4 Å². The van der Waals surface area contributed by atoms with Crippen molar-refractivity contribution in [3.63, 3.8) is 0 Å². The van der Waals surface area contributed by atoms with Crippen molar-refractivity contribution in [3.8, 4) is 0 Å². The third-order valence-electron chi connectivity index (χ3n) is 1.62. The standard InChI is InChI=1S/C9H11NO2/c1-7(11)8-5-3-4-6-10-9(8)12-2/h3-6,8H,1-2H3. The van der Waals surface area contributed by atoms with Crippen LogP contribution in [0.1, 0.15) is 6.92 Å². The lowest BCUT2D eigenvalue weighted by Gasteiger charge is -2.08. The van der Waals surface area contributed by atoms with Crippen LogP contribution in [0, 0.1) is 5.92 Å². The van der Waals surface area contributed by atoms with Crippen LogP contribution < -0.4 is 0 Å². The van der Waals surface area contributed by atoms with Gasteiger partial charge in [0.1, 0.15) is 11.7 Å². The van der Waals surface area contributed by atoms with Gasteiger partial charge in [0.2, 0.25) is 5.90 Å². The maximum atomic E-state index is 11.1.